The van der Waals surface area contributed by atoms with E-state index in [1.807, 2.05) is 0 Å². The van der Waals surface area contributed by atoms with Gasteiger partial charge in [0.1, 0.15) is 0 Å². The monoisotopic (exact) mass is 301 g/mol. The molecule has 0 fully saturated rings. The van der Waals surface area contributed by atoms with E-state index >= 15 is 0 Å². The highest BCUT2D eigenvalue weighted by Gasteiger charge is 2.14. The standard InChI is InChI=1S/C18H20ClNO/c1-4-17(15-6-5-12(2)13(3)11-15)20-18(21)14-7-9-16(19)10-8-14/h5-11,17H,4H2,1-3H3,(H,20,21). The Labute approximate surface area is 131 Å². The third-order valence-corrected chi connectivity index (χ3v) is 4.01. The maximum Gasteiger partial charge on any atom is 0.251 e. The molecular formula is C18H20ClNO. The highest BCUT2D eigenvalue weighted by atomic mass is 35.5. The molecule has 0 aliphatic rings. The normalized spacial score (nSPS) is 12.0. The van der Waals surface area contributed by atoms with Crippen molar-refractivity contribution in [2.45, 2.75) is 33.2 Å². The van der Waals surface area contributed by atoms with Crippen molar-refractivity contribution in [3.63, 3.8) is 0 Å². The minimum absolute atomic E-state index is 0.0208. The fourth-order valence-electron chi connectivity index (χ4n) is 2.25. The zero-order valence-electron chi connectivity index (χ0n) is 12.6. The summed E-state index contributed by atoms with van der Waals surface area (Å²) >= 11 is 5.85. The van der Waals surface area contributed by atoms with E-state index in [0.29, 0.717) is 10.6 Å². The molecule has 0 bridgehead atoms. The van der Waals surface area contributed by atoms with Gasteiger partial charge in [-0.15, -0.1) is 0 Å². The first-order valence-electron chi connectivity index (χ1n) is 7.15. The molecule has 0 saturated heterocycles. The van der Waals surface area contributed by atoms with Gasteiger partial charge in [0.25, 0.3) is 5.91 Å². The smallest absolute Gasteiger partial charge is 0.251 e. The molecule has 1 unspecified atom stereocenters. The van der Waals surface area contributed by atoms with E-state index in [1.54, 1.807) is 24.3 Å². The van der Waals surface area contributed by atoms with Gasteiger partial charge in [-0.05, 0) is 61.2 Å². The lowest BCUT2D eigenvalue weighted by Crippen LogP contribution is -2.28. The minimum atomic E-state index is -0.0725. The summed E-state index contributed by atoms with van der Waals surface area (Å²) in [6.07, 6.45) is 0.849. The Hall–Kier alpha value is -1.80. The van der Waals surface area contributed by atoms with E-state index in [-0.39, 0.29) is 11.9 Å². The summed E-state index contributed by atoms with van der Waals surface area (Å²) in [6, 6.07) is 13.3. The van der Waals surface area contributed by atoms with Gasteiger partial charge in [-0.3, -0.25) is 4.79 Å². The molecule has 0 spiro atoms. The van der Waals surface area contributed by atoms with E-state index in [0.717, 1.165) is 12.0 Å². The average molecular weight is 302 g/mol. The van der Waals surface area contributed by atoms with Gasteiger partial charge in [-0.1, -0.05) is 36.7 Å². The number of amides is 1. The zero-order valence-corrected chi connectivity index (χ0v) is 13.4. The van der Waals surface area contributed by atoms with Crippen LogP contribution in [-0.2, 0) is 0 Å². The van der Waals surface area contributed by atoms with Gasteiger partial charge in [0.15, 0.2) is 0 Å². The Kier molecular flexibility index (Phi) is 5.03. The molecule has 2 nitrogen and oxygen atoms in total. The molecule has 1 N–H and O–H groups in total. The number of nitrogens with one attached hydrogen (secondary N) is 1. The van der Waals surface area contributed by atoms with Crippen molar-refractivity contribution in [2.24, 2.45) is 0 Å². The largest absolute Gasteiger partial charge is 0.345 e. The first-order valence-corrected chi connectivity index (χ1v) is 7.52. The molecule has 0 aliphatic carbocycles. The van der Waals surface area contributed by atoms with Crippen LogP contribution in [0.4, 0.5) is 0 Å². The number of halogens is 1. The fraction of sp³-hybridized carbons (Fsp3) is 0.278. The van der Waals surface area contributed by atoms with Crippen LogP contribution in [0.25, 0.3) is 0 Å². The molecule has 2 aromatic carbocycles. The third-order valence-electron chi connectivity index (χ3n) is 3.75. The van der Waals surface area contributed by atoms with Gasteiger partial charge >= 0.3 is 0 Å². The molecule has 110 valence electrons. The number of aryl methyl sites for hydroxylation is 2. The van der Waals surface area contributed by atoms with Crippen LogP contribution in [0, 0.1) is 13.8 Å². The van der Waals surface area contributed by atoms with E-state index in [4.69, 9.17) is 11.6 Å². The van der Waals surface area contributed by atoms with Crippen LogP contribution in [0.3, 0.4) is 0 Å². The zero-order chi connectivity index (χ0) is 15.4. The Morgan fingerprint density at radius 2 is 1.76 bits per heavy atom. The molecule has 21 heavy (non-hydrogen) atoms. The van der Waals surface area contributed by atoms with Crippen LogP contribution in [0.5, 0.6) is 0 Å². The van der Waals surface area contributed by atoms with Gasteiger partial charge in [0.05, 0.1) is 6.04 Å². The number of rotatable bonds is 4. The Bertz CT molecular complexity index is 634. The first-order chi connectivity index (χ1) is 10.0. The van der Waals surface area contributed by atoms with Crippen LogP contribution >= 0.6 is 11.6 Å². The molecule has 0 aliphatic heterocycles. The Balaban J connectivity index is 2.16. The summed E-state index contributed by atoms with van der Waals surface area (Å²) in [4.78, 5) is 12.3. The molecule has 1 atom stereocenters. The van der Waals surface area contributed by atoms with Crippen molar-refractivity contribution >= 4 is 17.5 Å². The highest BCUT2D eigenvalue weighted by molar-refractivity contribution is 6.30. The summed E-state index contributed by atoms with van der Waals surface area (Å²) in [5, 5.41) is 3.72. The van der Waals surface area contributed by atoms with Gasteiger partial charge in [-0.25, -0.2) is 0 Å². The van der Waals surface area contributed by atoms with Crippen molar-refractivity contribution in [3.8, 4) is 0 Å². The Morgan fingerprint density at radius 1 is 1.10 bits per heavy atom. The molecule has 0 aromatic heterocycles. The molecule has 0 radical (unpaired) electrons. The van der Waals surface area contributed by atoms with Crippen molar-refractivity contribution in [1.82, 2.24) is 5.32 Å². The number of hydrogen-bond acceptors (Lipinski definition) is 1. The van der Waals surface area contributed by atoms with Crippen LogP contribution in [-0.4, -0.2) is 5.91 Å². The second-order valence-electron chi connectivity index (χ2n) is 5.28. The summed E-state index contributed by atoms with van der Waals surface area (Å²) in [6.45, 7) is 6.25. The highest BCUT2D eigenvalue weighted by Crippen LogP contribution is 2.20. The summed E-state index contributed by atoms with van der Waals surface area (Å²) < 4.78 is 0. The van der Waals surface area contributed by atoms with Crippen molar-refractivity contribution < 1.29 is 4.79 Å². The van der Waals surface area contributed by atoms with E-state index in [1.165, 1.54) is 11.1 Å². The van der Waals surface area contributed by atoms with Crippen molar-refractivity contribution in [1.29, 1.82) is 0 Å². The van der Waals surface area contributed by atoms with Crippen LogP contribution in [0.1, 0.15) is 46.4 Å². The fourth-order valence-corrected chi connectivity index (χ4v) is 2.37. The maximum atomic E-state index is 12.3. The Morgan fingerprint density at radius 3 is 2.33 bits per heavy atom. The van der Waals surface area contributed by atoms with E-state index in [9.17, 15) is 4.79 Å². The van der Waals surface area contributed by atoms with Gasteiger partial charge in [0, 0.05) is 10.6 Å². The SMILES string of the molecule is CCC(NC(=O)c1ccc(Cl)cc1)c1ccc(C)c(C)c1. The maximum absolute atomic E-state index is 12.3. The third kappa shape index (κ3) is 3.85. The second kappa shape index (κ2) is 6.77. The lowest BCUT2D eigenvalue weighted by Gasteiger charge is -2.18. The van der Waals surface area contributed by atoms with Crippen LogP contribution < -0.4 is 5.32 Å². The molecule has 2 aromatic rings. The predicted octanol–water partition coefficient (Wildman–Crippen LogP) is 4.84. The molecule has 0 heterocycles. The summed E-state index contributed by atoms with van der Waals surface area (Å²) in [5.74, 6) is -0.0725. The summed E-state index contributed by atoms with van der Waals surface area (Å²) in [5.41, 5.74) is 4.27. The number of hydrogen-bond donors (Lipinski definition) is 1. The van der Waals surface area contributed by atoms with Gasteiger partial charge in [0.2, 0.25) is 0 Å². The predicted molar refractivity (Wildman–Crippen MR) is 87.9 cm³/mol. The lowest BCUT2D eigenvalue weighted by atomic mass is 9.99. The minimum Gasteiger partial charge on any atom is -0.345 e. The number of benzene rings is 2. The molecule has 0 saturated carbocycles. The molecule has 2 rings (SSSR count). The van der Waals surface area contributed by atoms with E-state index in [2.05, 4.69) is 44.3 Å². The van der Waals surface area contributed by atoms with Gasteiger partial charge in [-0.2, -0.15) is 0 Å². The lowest BCUT2D eigenvalue weighted by molar-refractivity contribution is 0.0935. The molecule has 3 heteroatoms. The molecule has 1 amide bonds. The second-order valence-corrected chi connectivity index (χ2v) is 5.72. The average Bonchev–Trinajstić information content (AvgIpc) is 2.48. The van der Waals surface area contributed by atoms with Crippen molar-refractivity contribution in [3.05, 3.63) is 69.7 Å². The summed E-state index contributed by atoms with van der Waals surface area (Å²) in [7, 11) is 0. The number of carbonyl (C=O) groups is 1. The topological polar surface area (TPSA) is 29.1 Å². The van der Waals surface area contributed by atoms with Gasteiger partial charge < -0.3 is 5.32 Å². The first kappa shape index (κ1) is 15.6. The van der Waals surface area contributed by atoms with Crippen LogP contribution in [0.15, 0.2) is 42.5 Å². The van der Waals surface area contributed by atoms with Crippen LogP contribution in [0.2, 0.25) is 5.02 Å². The van der Waals surface area contributed by atoms with Crippen molar-refractivity contribution in [2.75, 3.05) is 0 Å². The quantitative estimate of drug-likeness (QED) is 0.860. The van der Waals surface area contributed by atoms with E-state index < -0.39 is 0 Å². The number of carbonyl (C=O) groups excluding carboxylic acids is 1. The molecular weight excluding hydrogens is 282 g/mol.